The summed E-state index contributed by atoms with van der Waals surface area (Å²) < 4.78 is 0. The fourth-order valence-electron chi connectivity index (χ4n) is 0.537. The molecule has 0 atom stereocenters. The van der Waals surface area contributed by atoms with Crippen LogP contribution in [0.3, 0.4) is 0 Å². The Labute approximate surface area is 50.5 Å². The van der Waals surface area contributed by atoms with E-state index in [1.807, 2.05) is 12.1 Å². The summed E-state index contributed by atoms with van der Waals surface area (Å²) in [4.78, 5) is 4.63. The predicted molar refractivity (Wildman–Crippen MR) is 33.1 cm³/mol. The van der Waals surface area contributed by atoms with Gasteiger partial charge in [-0.2, -0.15) is 0 Å². The largest absolute Gasteiger partial charge is 0.290 e. The summed E-state index contributed by atoms with van der Waals surface area (Å²) in [6, 6.07) is 0. The molecule has 0 heterocycles. The molecular weight excluding hydrogens is 104 g/mol. The van der Waals surface area contributed by atoms with Gasteiger partial charge in [0, 0.05) is 13.6 Å². The first kappa shape index (κ1) is 7.88. The van der Waals surface area contributed by atoms with Crippen LogP contribution < -0.4 is 5.59 Å². The van der Waals surface area contributed by atoms with Gasteiger partial charge in [-0.1, -0.05) is 6.92 Å². The van der Waals surface area contributed by atoms with Crippen LogP contribution >= 0.6 is 0 Å². The maximum atomic E-state index is 4.63. The zero-order valence-electron chi connectivity index (χ0n) is 5.77. The highest BCUT2D eigenvalue weighted by Crippen LogP contribution is 1.78. The van der Waals surface area contributed by atoms with E-state index in [-0.39, 0.29) is 0 Å². The Bertz CT molecular complexity index is 43.7. The molecule has 0 bridgehead atoms. The Morgan fingerprint density at radius 1 is 1.62 bits per heavy atom. The van der Waals surface area contributed by atoms with E-state index in [0.29, 0.717) is 0 Å². The molecule has 1 N–H and O–H groups in total. The molecule has 0 rings (SSSR count). The first-order chi connectivity index (χ1) is 3.81. The van der Waals surface area contributed by atoms with Crippen molar-refractivity contribution >= 4 is 0 Å². The van der Waals surface area contributed by atoms with Crippen molar-refractivity contribution in [3.63, 3.8) is 0 Å². The zero-order chi connectivity index (χ0) is 6.41. The van der Waals surface area contributed by atoms with E-state index >= 15 is 0 Å². The second kappa shape index (κ2) is 5.03. The van der Waals surface area contributed by atoms with E-state index in [9.17, 15) is 0 Å². The smallest absolute Gasteiger partial charge is 0.0588 e. The van der Waals surface area contributed by atoms with Gasteiger partial charge in [-0.25, -0.2) is 5.01 Å². The molecule has 0 amide bonds. The van der Waals surface area contributed by atoms with Crippen LogP contribution in [0.2, 0.25) is 0 Å². The molecule has 0 spiro atoms. The first-order valence-corrected chi connectivity index (χ1v) is 2.81. The summed E-state index contributed by atoms with van der Waals surface area (Å²) in [5.41, 5.74) is 2.68. The Hall–Kier alpha value is -0.120. The molecule has 0 aromatic carbocycles. The molecule has 0 radical (unpaired) electrons. The van der Waals surface area contributed by atoms with Crippen LogP contribution in [0.4, 0.5) is 0 Å². The average Bonchev–Trinajstić information content (AvgIpc) is 1.68. The van der Waals surface area contributed by atoms with Gasteiger partial charge in [0.2, 0.25) is 0 Å². The van der Waals surface area contributed by atoms with E-state index in [2.05, 4.69) is 17.4 Å². The van der Waals surface area contributed by atoms with Crippen molar-refractivity contribution < 1.29 is 4.84 Å². The molecule has 0 aliphatic heterocycles. The molecule has 3 heteroatoms. The molecule has 0 aliphatic carbocycles. The van der Waals surface area contributed by atoms with Crippen LogP contribution in [-0.2, 0) is 4.84 Å². The number of hydrogen-bond acceptors (Lipinski definition) is 3. The molecule has 0 aliphatic rings. The summed E-state index contributed by atoms with van der Waals surface area (Å²) in [6.45, 7) is 3.13. The molecule has 0 saturated heterocycles. The third-order valence-electron chi connectivity index (χ3n) is 0.806. The van der Waals surface area contributed by atoms with Gasteiger partial charge in [-0.15, -0.1) is 5.59 Å². The zero-order valence-corrected chi connectivity index (χ0v) is 5.77. The molecule has 8 heavy (non-hydrogen) atoms. The quantitative estimate of drug-likeness (QED) is 0.540. The number of rotatable bonds is 4. The van der Waals surface area contributed by atoms with E-state index in [1.54, 1.807) is 7.11 Å². The normalized spacial score (nSPS) is 10.5. The average molecular weight is 118 g/mol. The van der Waals surface area contributed by atoms with Crippen LogP contribution in [0.25, 0.3) is 0 Å². The molecule has 0 fully saturated rings. The minimum atomic E-state index is 1.01. The van der Waals surface area contributed by atoms with Gasteiger partial charge in [0.05, 0.1) is 7.11 Å². The van der Waals surface area contributed by atoms with Crippen LogP contribution in [-0.4, -0.2) is 25.7 Å². The minimum absolute atomic E-state index is 1.01. The summed E-state index contributed by atoms with van der Waals surface area (Å²) in [7, 11) is 3.54. The van der Waals surface area contributed by atoms with Crippen LogP contribution in [0.15, 0.2) is 0 Å². The van der Waals surface area contributed by atoms with E-state index in [1.165, 1.54) is 0 Å². The van der Waals surface area contributed by atoms with Gasteiger partial charge in [-0.05, 0) is 6.42 Å². The van der Waals surface area contributed by atoms with Gasteiger partial charge in [0.1, 0.15) is 0 Å². The summed E-state index contributed by atoms with van der Waals surface area (Å²) in [5, 5.41) is 1.89. The second-order valence-electron chi connectivity index (χ2n) is 1.72. The van der Waals surface area contributed by atoms with Gasteiger partial charge >= 0.3 is 0 Å². The van der Waals surface area contributed by atoms with Crippen LogP contribution in [0.5, 0.6) is 0 Å². The fourth-order valence-corrected chi connectivity index (χ4v) is 0.537. The summed E-state index contributed by atoms with van der Waals surface area (Å²) in [6.07, 6.45) is 1.13. The van der Waals surface area contributed by atoms with Crippen molar-refractivity contribution in [3.8, 4) is 0 Å². The number of hydrazine groups is 1. The van der Waals surface area contributed by atoms with Crippen molar-refractivity contribution in [2.24, 2.45) is 0 Å². The van der Waals surface area contributed by atoms with Gasteiger partial charge in [0.15, 0.2) is 0 Å². The van der Waals surface area contributed by atoms with Crippen molar-refractivity contribution in [2.45, 2.75) is 13.3 Å². The highest BCUT2D eigenvalue weighted by Gasteiger charge is 1.89. The lowest BCUT2D eigenvalue weighted by atomic mass is 10.5. The Morgan fingerprint density at radius 2 is 2.25 bits per heavy atom. The third-order valence-corrected chi connectivity index (χ3v) is 0.806. The number of nitrogens with one attached hydrogen (secondary N) is 1. The molecule has 3 nitrogen and oxygen atoms in total. The second-order valence-corrected chi connectivity index (χ2v) is 1.72. The van der Waals surface area contributed by atoms with E-state index < -0.39 is 0 Å². The van der Waals surface area contributed by atoms with Crippen molar-refractivity contribution in [1.29, 1.82) is 0 Å². The highest BCUT2D eigenvalue weighted by atomic mass is 16.7. The van der Waals surface area contributed by atoms with Gasteiger partial charge in [0.25, 0.3) is 0 Å². The molecule has 50 valence electrons. The monoisotopic (exact) mass is 118 g/mol. The lowest BCUT2D eigenvalue weighted by molar-refractivity contribution is -0.0410. The Kier molecular flexibility index (Phi) is 4.95. The maximum absolute atomic E-state index is 4.63. The molecule has 0 aromatic rings. The van der Waals surface area contributed by atoms with Gasteiger partial charge < -0.3 is 0 Å². The molecule has 0 saturated carbocycles. The lowest BCUT2D eigenvalue weighted by Gasteiger charge is -2.13. The first-order valence-electron chi connectivity index (χ1n) is 2.81. The standard InChI is InChI=1S/C5H14N2O/c1-4-5-7(2)6-8-3/h6H,4-5H2,1-3H3. The van der Waals surface area contributed by atoms with E-state index in [0.717, 1.165) is 13.0 Å². The van der Waals surface area contributed by atoms with Crippen molar-refractivity contribution in [2.75, 3.05) is 20.7 Å². The van der Waals surface area contributed by atoms with Crippen molar-refractivity contribution in [1.82, 2.24) is 10.6 Å². The summed E-state index contributed by atoms with van der Waals surface area (Å²) in [5.74, 6) is 0. The summed E-state index contributed by atoms with van der Waals surface area (Å²) >= 11 is 0. The Morgan fingerprint density at radius 3 is 2.62 bits per heavy atom. The maximum Gasteiger partial charge on any atom is 0.0588 e. The van der Waals surface area contributed by atoms with Crippen LogP contribution in [0.1, 0.15) is 13.3 Å². The molecular formula is C5H14N2O. The van der Waals surface area contributed by atoms with Gasteiger partial charge in [-0.3, -0.25) is 4.84 Å². The topological polar surface area (TPSA) is 24.5 Å². The Balaban J connectivity index is 2.92. The van der Waals surface area contributed by atoms with Crippen LogP contribution in [0, 0.1) is 0 Å². The highest BCUT2D eigenvalue weighted by molar-refractivity contribution is 4.33. The predicted octanol–water partition coefficient (Wildman–Crippen LogP) is 0.394. The van der Waals surface area contributed by atoms with Crippen molar-refractivity contribution in [3.05, 3.63) is 0 Å². The van der Waals surface area contributed by atoms with E-state index in [4.69, 9.17) is 0 Å². The molecule has 0 unspecified atom stereocenters. The fraction of sp³-hybridized carbons (Fsp3) is 1.00. The number of nitrogens with zero attached hydrogens (tertiary/aromatic N) is 1. The minimum Gasteiger partial charge on any atom is -0.290 e. The molecule has 0 aromatic heterocycles. The third kappa shape index (κ3) is 4.05. The SMILES string of the molecule is CCCN(C)NOC. The number of hydrogen-bond donors (Lipinski definition) is 1. The lowest BCUT2D eigenvalue weighted by Crippen LogP contribution is -2.33.